The van der Waals surface area contributed by atoms with Crippen molar-refractivity contribution in [3.05, 3.63) is 35.4 Å². The third-order valence-corrected chi connectivity index (χ3v) is 3.24. The molecular weight excluding hydrogens is 349 g/mol. The summed E-state index contributed by atoms with van der Waals surface area (Å²) in [6.45, 7) is 7.26. The molecule has 0 saturated heterocycles. The Hall–Kier alpha value is -0.780. The van der Waals surface area contributed by atoms with Crippen LogP contribution < -0.4 is 5.73 Å². The number of hydrogen-bond donors (Lipinski definition) is 1. The van der Waals surface area contributed by atoms with Crippen molar-refractivity contribution in [1.82, 2.24) is 4.90 Å². The predicted molar refractivity (Wildman–Crippen MR) is 94.4 cm³/mol. The first-order chi connectivity index (χ1) is 8.36. The summed E-state index contributed by atoms with van der Waals surface area (Å²) in [7, 11) is 3.81. The molecule has 0 unspecified atom stereocenters. The van der Waals surface area contributed by atoms with Gasteiger partial charge in [-0.1, -0.05) is 45.0 Å². The fraction of sp³-hybridized carbons (Fsp3) is 0.533. The Morgan fingerprint density at radius 1 is 1.21 bits per heavy atom. The number of halogens is 1. The molecule has 1 aromatic rings. The SMILES string of the molecule is CCc1ccc(C(C)(C)CN=C(N)N(C)C)cc1.I. The highest BCUT2D eigenvalue weighted by Crippen LogP contribution is 2.24. The highest BCUT2D eigenvalue weighted by Gasteiger charge is 2.20. The van der Waals surface area contributed by atoms with Gasteiger partial charge in [-0.05, 0) is 17.5 Å². The van der Waals surface area contributed by atoms with Gasteiger partial charge in [-0.15, -0.1) is 24.0 Å². The van der Waals surface area contributed by atoms with Crippen LogP contribution in [0.2, 0.25) is 0 Å². The molecule has 0 aliphatic carbocycles. The second-order valence-electron chi connectivity index (χ2n) is 5.50. The smallest absolute Gasteiger partial charge is 0.190 e. The van der Waals surface area contributed by atoms with Crippen LogP contribution in [0.4, 0.5) is 0 Å². The second-order valence-corrected chi connectivity index (χ2v) is 5.50. The molecule has 0 aromatic heterocycles. The molecule has 1 aromatic carbocycles. The zero-order valence-electron chi connectivity index (χ0n) is 12.6. The van der Waals surface area contributed by atoms with Crippen molar-refractivity contribution in [2.75, 3.05) is 20.6 Å². The molecule has 0 spiro atoms. The molecule has 0 radical (unpaired) electrons. The molecule has 108 valence electrons. The van der Waals surface area contributed by atoms with Gasteiger partial charge in [0.15, 0.2) is 5.96 Å². The van der Waals surface area contributed by atoms with Crippen molar-refractivity contribution >= 4 is 29.9 Å². The average Bonchev–Trinajstić information content (AvgIpc) is 2.36. The maximum atomic E-state index is 5.82. The number of nitrogens with zero attached hydrogens (tertiary/aromatic N) is 2. The molecular formula is C15H26IN3. The largest absolute Gasteiger partial charge is 0.370 e. The maximum Gasteiger partial charge on any atom is 0.190 e. The zero-order chi connectivity index (χ0) is 13.8. The van der Waals surface area contributed by atoms with Gasteiger partial charge in [-0.25, -0.2) is 0 Å². The molecule has 3 nitrogen and oxygen atoms in total. The summed E-state index contributed by atoms with van der Waals surface area (Å²) in [4.78, 5) is 6.26. The monoisotopic (exact) mass is 375 g/mol. The standard InChI is InChI=1S/C15H25N3.HI/c1-6-12-7-9-13(10-8-12)15(2,3)11-17-14(16)18(4)5;/h7-10H,6,11H2,1-5H3,(H2,16,17);1H. The number of rotatable bonds is 4. The molecule has 19 heavy (non-hydrogen) atoms. The molecule has 0 bridgehead atoms. The van der Waals surface area contributed by atoms with Gasteiger partial charge >= 0.3 is 0 Å². The summed E-state index contributed by atoms with van der Waals surface area (Å²) in [5.41, 5.74) is 8.50. The van der Waals surface area contributed by atoms with E-state index < -0.39 is 0 Å². The summed E-state index contributed by atoms with van der Waals surface area (Å²) >= 11 is 0. The van der Waals surface area contributed by atoms with Crippen molar-refractivity contribution in [2.45, 2.75) is 32.6 Å². The Balaban J connectivity index is 0.00000324. The first-order valence-corrected chi connectivity index (χ1v) is 6.43. The van der Waals surface area contributed by atoms with Crippen LogP contribution in [-0.2, 0) is 11.8 Å². The van der Waals surface area contributed by atoms with Crippen LogP contribution in [0, 0.1) is 0 Å². The van der Waals surface area contributed by atoms with E-state index in [2.05, 4.69) is 50.0 Å². The third-order valence-electron chi connectivity index (χ3n) is 3.24. The zero-order valence-corrected chi connectivity index (χ0v) is 14.9. The molecule has 0 aliphatic rings. The van der Waals surface area contributed by atoms with Gasteiger partial charge in [-0.2, -0.15) is 0 Å². The van der Waals surface area contributed by atoms with Gasteiger partial charge in [0.25, 0.3) is 0 Å². The average molecular weight is 375 g/mol. The molecule has 0 aliphatic heterocycles. The molecule has 4 heteroatoms. The predicted octanol–water partition coefficient (Wildman–Crippen LogP) is 3.02. The van der Waals surface area contributed by atoms with Gasteiger partial charge in [0.05, 0.1) is 6.54 Å². The summed E-state index contributed by atoms with van der Waals surface area (Å²) < 4.78 is 0. The summed E-state index contributed by atoms with van der Waals surface area (Å²) in [5.74, 6) is 0.577. The lowest BCUT2D eigenvalue weighted by Crippen LogP contribution is -2.32. The van der Waals surface area contributed by atoms with Crippen LogP contribution in [0.15, 0.2) is 29.3 Å². The molecule has 0 saturated carbocycles. The van der Waals surface area contributed by atoms with E-state index in [0.717, 1.165) is 6.42 Å². The number of guanidine groups is 1. The van der Waals surface area contributed by atoms with Crippen molar-refractivity contribution in [3.63, 3.8) is 0 Å². The van der Waals surface area contributed by atoms with Gasteiger partial charge in [-0.3, -0.25) is 4.99 Å². The van der Waals surface area contributed by atoms with Crippen LogP contribution in [0.25, 0.3) is 0 Å². The summed E-state index contributed by atoms with van der Waals surface area (Å²) in [6, 6.07) is 8.77. The summed E-state index contributed by atoms with van der Waals surface area (Å²) in [6.07, 6.45) is 1.08. The fourth-order valence-corrected chi connectivity index (χ4v) is 1.70. The van der Waals surface area contributed by atoms with E-state index in [-0.39, 0.29) is 29.4 Å². The highest BCUT2D eigenvalue weighted by atomic mass is 127. The van der Waals surface area contributed by atoms with Crippen molar-refractivity contribution in [2.24, 2.45) is 10.7 Å². The van der Waals surface area contributed by atoms with E-state index in [9.17, 15) is 0 Å². The van der Waals surface area contributed by atoms with Gasteiger partial charge in [0.1, 0.15) is 0 Å². The van der Waals surface area contributed by atoms with E-state index in [0.29, 0.717) is 12.5 Å². The van der Waals surface area contributed by atoms with E-state index >= 15 is 0 Å². The van der Waals surface area contributed by atoms with Gasteiger partial charge in [0.2, 0.25) is 0 Å². The Kier molecular flexibility index (Phi) is 7.41. The van der Waals surface area contributed by atoms with Crippen molar-refractivity contribution in [3.8, 4) is 0 Å². The lowest BCUT2D eigenvalue weighted by atomic mass is 9.84. The Bertz CT molecular complexity index is 408. The molecule has 0 atom stereocenters. The highest BCUT2D eigenvalue weighted by molar-refractivity contribution is 14.0. The van der Waals surface area contributed by atoms with Crippen LogP contribution in [0.3, 0.4) is 0 Å². The van der Waals surface area contributed by atoms with E-state index in [1.54, 1.807) is 0 Å². The molecule has 0 heterocycles. The minimum Gasteiger partial charge on any atom is -0.370 e. The van der Waals surface area contributed by atoms with E-state index in [1.807, 2.05) is 19.0 Å². The Morgan fingerprint density at radius 2 is 1.74 bits per heavy atom. The Labute approximate surface area is 134 Å². The van der Waals surface area contributed by atoms with Gasteiger partial charge in [0, 0.05) is 19.5 Å². The van der Waals surface area contributed by atoms with Crippen LogP contribution in [-0.4, -0.2) is 31.5 Å². The third kappa shape index (κ3) is 5.38. The first kappa shape index (κ1) is 18.2. The minimum absolute atomic E-state index is 0. The second kappa shape index (κ2) is 7.72. The molecule has 1 rings (SSSR count). The Morgan fingerprint density at radius 3 is 2.16 bits per heavy atom. The van der Waals surface area contributed by atoms with Crippen LogP contribution >= 0.6 is 24.0 Å². The van der Waals surface area contributed by atoms with Crippen molar-refractivity contribution < 1.29 is 0 Å². The molecule has 0 fully saturated rings. The number of hydrogen-bond acceptors (Lipinski definition) is 1. The molecule has 2 N–H and O–H groups in total. The van der Waals surface area contributed by atoms with E-state index in [4.69, 9.17) is 5.73 Å². The number of aliphatic imine (C=N–C) groups is 1. The maximum absolute atomic E-state index is 5.82. The van der Waals surface area contributed by atoms with Crippen LogP contribution in [0.5, 0.6) is 0 Å². The lowest BCUT2D eigenvalue weighted by Gasteiger charge is -2.24. The number of aryl methyl sites for hydroxylation is 1. The van der Waals surface area contributed by atoms with Crippen molar-refractivity contribution in [1.29, 1.82) is 0 Å². The van der Waals surface area contributed by atoms with Gasteiger partial charge < -0.3 is 10.6 Å². The number of nitrogens with two attached hydrogens (primary N) is 1. The number of benzene rings is 1. The topological polar surface area (TPSA) is 41.6 Å². The quantitative estimate of drug-likeness (QED) is 0.499. The summed E-state index contributed by atoms with van der Waals surface area (Å²) in [5, 5.41) is 0. The molecule has 0 amide bonds. The van der Waals surface area contributed by atoms with Crippen LogP contribution in [0.1, 0.15) is 31.9 Å². The minimum atomic E-state index is 0. The fourth-order valence-electron chi connectivity index (χ4n) is 1.70. The first-order valence-electron chi connectivity index (χ1n) is 6.43. The van der Waals surface area contributed by atoms with E-state index in [1.165, 1.54) is 11.1 Å². The lowest BCUT2D eigenvalue weighted by molar-refractivity contribution is 0.528. The normalized spacial score (nSPS) is 11.9.